The SMILES string of the molecule is COc1cc2c(cc1-c1c(C)noc1C)[nH]c1nc(C)nc(-c3ccc(C(=O)N4CCN(C)C(C)(C)C4)c4ccccc34)c12. The van der Waals surface area contributed by atoms with E-state index in [4.69, 9.17) is 19.2 Å². The third-order valence-electron chi connectivity index (χ3n) is 9.20. The number of piperazine rings is 1. The lowest BCUT2D eigenvalue weighted by atomic mass is 9.94. The average molecular weight is 589 g/mol. The Morgan fingerprint density at radius 1 is 0.977 bits per heavy atom. The predicted octanol–water partition coefficient (Wildman–Crippen LogP) is 6.69. The molecule has 224 valence electrons. The first kappa shape index (κ1) is 28.0. The molecule has 1 saturated heterocycles. The van der Waals surface area contributed by atoms with Gasteiger partial charge in [-0.2, -0.15) is 0 Å². The number of hydrogen-bond acceptors (Lipinski definition) is 7. The third kappa shape index (κ3) is 4.33. The quantitative estimate of drug-likeness (QED) is 0.245. The average Bonchev–Trinajstić information content (AvgIpc) is 3.53. The summed E-state index contributed by atoms with van der Waals surface area (Å²) in [5, 5.41) is 7.89. The molecule has 1 amide bonds. The van der Waals surface area contributed by atoms with Gasteiger partial charge in [-0.3, -0.25) is 9.69 Å². The summed E-state index contributed by atoms with van der Waals surface area (Å²) in [7, 11) is 3.79. The molecule has 4 heterocycles. The Kier molecular flexibility index (Phi) is 6.48. The number of fused-ring (bicyclic) bond motifs is 4. The zero-order chi connectivity index (χ0) is 30.9. The summed E-state index contributed by atoms with van der Waals surface area (Å²) in [5.41, 5.74) is 6.63. The normalized spacial score (nSPS) is 15.5. The first-order chi connectivity index (χ1) is 21.1. The molecule has 0 spiro atoms. The number of hydrogen-bond donors (Lipinski definition) is 1. The molecule has 0 radical (unpaired) electrons. The summed E-state index contributed by atoms with van der Waals surface area (Å²) < 4.78 is 11.4. The van der Waals surface area contributed by atoms with Gasteiger partial charge in [0.1, 0.15) is 23.0 Å². The molecule has 44 heavy (non-hydrogen) atoms. The fraction of sp³-hybridized carbons (Fsp3) is 0.314. The highest BCUT2D eigenvalue weighted by Crippen LogP contribution is 2.42. The molecule has 0 bridgehead atoms. The van der Waals surface area contributed by atoms with E-state index in [1.54, 1.807) is 7.11 Å². The Bertz CT molecular complexity index is 2090. The largest absolute Gasteiger partial charge is 0.496 e. The van der Waals surface area contributed by atoms with Gasteiger partial charge in [-0.1, -0.05) is 35.5 Å². The van der Waals surface area contributed by atoms with Crippen LogP contribution in [-0.2, 0) is 0 Å². The number of rotatable bonds is 4. The number of ether oxygens (including phenoxy) is 1. The maximum absolute atomic E-state index is 14.0. The molecular formula is C35H36N6O3. The lowest BCUT2D eigenvalue weighted by molar-refractivity contribution is 0.0313. The number of H-pyrrole nitrogens is 1. The van der Waals surface area contributed by atoms with Crippen molar-refractivity contribution in [3.63, 3.8) is 0 Å². The van der Waals surface area contributed by atoms with Gasteiger partial charge >= 0.3 is 0 Å². The van der Waals surface area contributed by atoms with Gasteiger partial charge in [0.2, 0.25) is 0 Å². The zero-order valence-corrected chi connectivity index (χ0v) is 26.2. The lowest BCUT2D eigenvalue weighted by Gasteiger charge is -2.45. The van der Waals surface area contributed by atoms with E-state index in [9.17, 15) is 4.79 Å². The minimum atomic E-state index is -0.0878. The first-order valence-electron chi connectivity index (χ1n) is 14.9. The standard InChI is InChI=1S/C35H36N6O3/c1-19-30(20(2)44-39-19)27-16-28-26(17-29(27)43-7)31-32(36-21(3)37-33(31)38-28)24-12-13-25(23-11-9-8-10-22(23)24)34(42)41-15-14-40(6)35(4,5)18-41/h8-13,16-17H,14-15,18H2,1-7H3,(H,36,37,38). The van der Waals surface area contributed by atoms with Crippen molar-refractivity contribution in [1.29, 1.82) is 0 Å². The van der Waals surface area contributed by atoms with Crippen LogP contribution in [0.1, 0.15) is 41.5 Å². The van der Waals surface area contributed by atoms with Crippen molar-refractivity contribution >= 4 is 38.6 Å². The minimum Gasteiger partial charge on any atom is -0.496 e. The number of nitrogens with one attached hydrogen (secondary N) is 1. The lowest BCUT2D eigenvalue weighted by Crippen LogP contribution is -2.58. The van der Waals surface area contributed by atoms with Crippen LogP contribution in [0.15, 0.2) is 53.1 Å². The highest BCUT2D eigenvalue weighted by Gasteiger charge is 2.34. The molecule has 1 N–H and O–H groups in total. The summed E-state index contributed by atoms with van der Waals surface area (Å²) in [6.45, 7) is 12.3. The van der Waals surface area contributed by atoms with Crippen LogP contribution in [0.2, 0.25) is 0 Å². The van der Waals surface area contributed by atoms with Gasteiger partial charge in [0.15, 0.2) is 0 Å². The third-order valence-corrected chi connectivity index (χ3v) is 9.20. The van der Waals surface area contributed by atoms with Crippen molar-refractivity contribution in [2.24, 2.45) is 0 Å². The van der Waals surface area contributed by atoms with Crippen LogP contribution in [0.25, 0.3) is 55.1 Å². The fourth-order valence-electron chi connectivity index (χ4n) is 6.64. The monoisotopic (exact) mass is 588 g/mol. The number of aromatic nitrogens is 4. The van der Waals surface area contributed by atoms with Crippen molar-refractivity contribution in [2.45, 2.75) is 40.2 Å². The molecule has 0 unspecified atom stereocenters. The number of nitrogens with zero attached hydrogens (tertiary/aromatic N) is 5. The second-order valence-electron chi connectivity index (χ2n) is 12.4. The summed E-state index contributed by atoms with van der Waals surface area (Å²) in [5.74, 6) is 2.15. The molecule has 0 saturated carbocycles. The highest BCUT2D eigenvalue weighted by atomic mass is 16.5. The molecule has 6 aromatic rings. The van der Waals surface area contributed by atoms with Gasteiger partial charge in [0, 0.05) is 52.8 Å². The molecule has 7 rings (SSSR count). The van der Waals surface area contributed by atoms with Crippen LogP contribution in [-0.4, -0.2) is 75.1 Å². The molecule has 1 aliphatic heterocycles. The summed E-state index contributed by atoms with van der Waals surface area (Å²) in [6, 6.07) is 16.2. The number of amides is 1. The molecule has 1 fully saturated rings. The van der Waals surface area contributed by atoms with E-state index in [1.807, 2.05) is 62.1 Å². The number of aryl methyl sites for hydroxylation is 3. The number of carbonyl (C=O) groups excluding carboxylic acids is 1. The molecule has 1 aliphatic rings. The Morgan fingerprint density at radius 2 is 1.75 bits per heavy atom. The Morgan fingerprint density at radius 3 is 2.45 bits per heavy atom. The Balaban J connectivity index is 1.42. The van der Waals surface area contributed by atoms with Crippen molar-refractivity contribution in [1.82, 2.24) is 29.9 Å². The van der Waals surface area contributed by atoms with E-state index in [1.165, 1.54) is 0 Å². The van der Waals surface area contributed by atoms with Gasteiger partial charge in [-0.15, -0.1) is 0 Å². The van der Waals surface area contributed by atoms with Crippen LogP contribution < -0.4 is 4.74 Å². The minimum absolute atomic E-state index is 0.0571. The van der Waals surface area contributed by atoms with Crippen LogP contribution in [0.3, 0.4) is 0 Å². The van der Waals surface area contributed by atoms with Crippen molar-refractivity contribution in [3.8, 4) is 28.1 Å². The Labute approximate surface area is 255 Å². The number of likely N-dealkylation sites (N-methyl/N-ethyl adjacent to an activating group) is 1. The van der Waals surface area contributed by atoms with E-state index in [2.05, 4.69) is 48.1 Å². The molecule has 3 aromatic heterocycles. The fourth-order valence-corrected chi connectivity index (χ4v) is 6.64. The van der Waals surface area contributed by atoms with Gasteiger partial charge in [-0.05, 0) is 70.6 Å². The number of carbonyl (C=O) groups is 1. The molecule has 0 aliphatic carbocycles. The summed E-state index contributed by atoms with van der Waals surface area (Å²) in [4.78, 5) is 31.6. The maximum atomic E-state index is 14.0. The molecule has 9 nitrogen and oxygen atoms in total. The van der Waals surface area contributed by atoms with Gasteiger partial charge < -0.3 is 19.1 Å². The van der Waals surface area contributed by atoms with E-state index in [0.717, 1.165) is 73.1 Å². The number of aromatic amines is 1. The molecular weight excluding hydrogens is 552 g/mol. The van der Waals surface area contributed by atoms with E-state index in [0.29, 0.717) is 30.2 Å². The highest BCUT2D eigenvalue weighted by molar-refractivity contribution is 6.17. The smallest absolute Gasteiger partial charge is 0.254 e. The van der Waals surface area contributed by atoms with Crippen LogP contribution in [0.5, 0.6) is 5.75 Å². The van der Waals surface area contributed by atoms with Gasteiger partial charge in [0.05, 0.1) is 29.4 Å². The number of methoxy groups -OCH3 is 1. The summed E-state index contributed by atoms with van der Waals surface area (Å²) >= 11 is 0. The van der Waals surface area contributed by atoms with Gasteiger partial charge in [-0.25, -0.2) is 9.97 Å². The second kappa shape index (κ2) is 10.2. The van der Waals surface area contributed by atoms with Crippen molar-refractivity contribution in [3.05, 3.63) is 71.4 Å². The van der Waals surface area contributed by atoms with E-state index in [-0.39, 0.29) is 11.4 Å². The van der Waals surface area contributed by atoms with Crippen LogP contribution in [0.4, 0.5) is 0 Å². The maximum Gasteiger partial charge on any atom is 0.254 e. The molecule has 0 atom stereocenters. The van der Waals surface area contributed by atoms with E-state index >= 15 is 0 Å². The van der Waals surface area contributed by atoms with Crippen molar-refractivity contribution in [2.75, 3.05) is 33.8 Å². The summed E-state index contributed by atoms with van der Waals surface area (Å²) in [6.07, 6.45) is 0. The predicted molar refractivity (Wildman–Crippen MR) is 173 cm³/mol. The molecule has 3 aromatic carbocycles. The van der Waals surface area contributed by atoms with Crippen LogP contribution in [0, 0.1) is 20.8 Å². The zero-order valence-electron chi connectivity index (χ0n) is 26.2. The topological polar surface area (TPSA) is 100 Å². The Hall–Kier alpha value is -4.76. The van der Waals surface area contributed by atoms with Gasteiger partial charge in [0.25, 0.3) is 5.91 Å². The van der Waals surface area contributed by atoms with Crippen molar-refractivity contribution < 1.29 is 14.1 Å². The first-order valence-corrected chi connectivity index (χ1v) is 14.9. The second-order valence-corrected chi connectivity index (χ2v) is 12.4. The van der Waals surface area contributed by atoms with E-state index < -0.39 is 0 Å². The molecule has 9 heteroatoms. The number of benzene rings is 3. The van der Waals surface area contributed by atoms with Crippen LogP contribution >= 0.6 is 0 Å².